The highest BCUT2D eigenvalue weighted by Crippen LogP contribution is 2.55. The lowest BCUT2D eigenvalue weighted by molar-refractivity contribution is -0.167. The van der Waals surface area contributed by atoms with E-state index < -0.39 is 45.1 Å². The van der Waals surface area contributed by atoms with Crippen molar-refractivity contribution in [3.63, 3.8) is 0 Å². The maximum atomic E-state index is 13.9. The molecule has 0 radical (unpaired) electrons. The number of fused-ring (bicyclic) bond motifs is 3. The minimum absolute atomic E-state index is 0.0190. The molecule has 3 atom stereocenters. The Hall–Kier alpha value is -3.20. The van der Waals surface area contributed by atoms with Crippen LogP contribution in [0.1, 0.15) is 36.2 Å². The molecule has 0 aromatic heterocycles. The number of carbonyl (C=O) groups is 3. The van der Waals surface area contributed by atoms with E-state index in [-0.39, 0.29) is 29.1 Å². The van der Waals surface area contributed by atoms with Crippen LogP contribution in [0.2, 0.25) is 0 Å². The molecule has 2 aromatic rings. The molecule has 2 heterocycles. The summed E-state index contributed by atoms with van der Waals surface area (Å²) in [7, 11) is -2.96. The van der Waals surface area contributed by atoms with Crippen LogP contribution in [0.3, 0.4) is 0 Å². The number of esters is 1. The Labute approximate surface area is 186 Å². The fraction of sp³-hybridized carbons (Fsp3) is 0.348. The van der Waals surface area contributed by atoms with Gasteiger partial charge in [-0.2, -0.15) is 0 Å². The third-order valence-electron chi connectivity index (χ3n) is 6.13. The molecule has 2 aromatic carbocycles. The Bertz CT molecular complexity index is 1220. The zero-order valence-corrected chi connectivity index (χ0v) is 18.7. The average molecular weight is 458 g/mol. The number of piperidine rings is 1. The molecule has 168 valence electrons. The van der Waals surface area contributed by atoms with Gasteiger partial charge in [0.2, 0.25) is 5.91 Å². The minimum Gasteiger partial charge on any atom is -0.496 e. The molecule has 9 heteroatoms. The van der Waals surface area contributed by atoms with Gasteiger partial charge in [0.1, 0.15) is 5.75 Å². The zero-order valence-electron chi connectivity index (χ0n) is 17.9. The first kappa shape index (κ1) is 22.0. The zero-order chi connectivity index (χ0) is 23.3. The van der Waals surface area contributed by atoms with Crippen molar-refractivity contribution in [2.45, 2.75) is 30.7 Å². The molecular formula is C23H23NO7S. The van der Waals surface area contributed by atoms with Crippen molar-refractivity contribution in [1.82, 2.24) is 4.31 Å². The summed E-state index contributed by atoms with van der Waals surface area (Å²) in [5, 5.41) is 0. The van der Waals surface area contributed by atoms with Gasteiger partial charge in [-0.25, -0.2) is 17.5 Å². The van der Waals surface area contributed by atoms with Crippen LogP contribution in [0, 0.1) is 11.8 Å². The Balaban J connectivity index is 2.05. The first-order valence-electron chi connectivity index (χ1n) is 10.3. The molecule has 8 nitrogen and oxygen atoms in total. The van der Waals surface area contributed by atoms with Crippen molar-refractivity contribution in [3.8, 4) is 5.75 Å². The Morgan fingerprint density at radius 3 is 2.47 bits per heavy atom. The number of nitrogens with zero attached hydrogens (tertiary/aromatic N) is 1. The van der Waals surface area contributed by atoms with E-state index in [9.17, 15) is 22.8 Å². The number of para-hydroxylation sites is 1. The second kappa shape index (κ2) is 7.74. The highest BCUT2D eigenvalue weighted by Gasteiger charge is 2.69. The van der Waals surface area contributed by atoms with Crippen LogP contribution in [-0.4, -0.2) is 44.1 Å². The third kappa shape index (κ3) is 2.80. The summed E-state index contributed by atoms with van der Waals surface area (Å²) < 4.78 is 38.2. The fourth-order valence-electron chi connectivity index (χ4n) is 4.76. The molecule has 2 aliphatic rings. The van der Waals surface area contributed by atoms with Crippen molar-refractivity contribution in [1.29, 1.82) is 0 Å². The number of benzene rings is 2. The van der Waals surface area contributed by atoms with E-state index in [1.807, 2.05) is 0 Å². The molecule has 0 saturated carbocycles. The highest BCUT2D eigenvalue weighted by molar-refractivity contribution is 7.90. The van der Waals surface area contributed by atoms with Crippen LogP contribution < -0.4 is 4.74 Å². The van der Waals surface area contributed by atoms with E-state index >= 15 is 0 Å². The summed E-state index contributed by atoms with van der Waals surface area (Å²) in [4.78, 5) is 40.5. The van der Waals surface area contributed by atoms with E-state index in [2.05, 4.69) is 0 Å². The van der Waals surface area contributed by atoms with E-state index in [0.717, 1.165) is 0 Å². The van der Waals surface area contributed by atoms with E-state index in [4.69, 9.17) is 9.47 Å². The second-order valence-corrected chi connectivity index (χ2v) is 9.60. The van der Waals surface area contributed by atoms with Gasteiger partial charge in [0.05, 0.1) is 30.1 Å². The minimum atomic E-state index is -4.38. The largest absolute Gasteiger partial charge is 0.496 e. The van der Waals surface area contributed by atoms with Gasteiger partial charge in [-0.05, 0) is 31.5 Å². The van der Waals surface area contributed by atoms with Gasteiger partial charge >= 0.3 is 5.97 Å². The molecule has 4 rings (SSSR count). The molecular weight excluding hydrogens is 434 g/mol. The fourth-order valence-corrected chi connectivity index (χ4v) is 6.80. The summed E-state index contributed by atoms with van der Waals surface area (Å²) in [6.45, 7) is 3.09. The normalized spacial score (nSPS) is 25.6. The summed E-state index contributed by atoms with van der Waals surface area (Å²) in [6.07, 6.45) is -0.0190. The molecule has 0 N–H and O–H groups in total. The van der Waals surface area contributed by atoms with Crippen molar-refractivity contribution in [3.05, 3.63) is 59.7 Å². The monoisotopic (exact) mass is 457 g/mol. The number of hydrogen-bond donors (Lipinski definition) is 0. The van der Waals surface area contributed by atoms with Crippen molar-refractivity contribution in [2.75, 3.05) is 13.7 Å². The SMILES string of the molecule is CCOC(=O)[C@]12c3ccccc3S(=O)(=O)N1C(=O)[C@H](C)C[C@@H]2C(=O)c1ccccc1OC. The van der Waals surface area contributed by atoms with Crippen LogP contribution in [0.15, 0.2) is 53.4 Å². The highest BCUT2D eigenvalue weighted by atomic mass is 32.2. The predicted molar refractivity (Wildman–Crippen MR) is 113 cm³/mol. The average Bonchev–Trinajstić information content (AvgIpc) is 3.01. The van der Waals surface area contributed by atoms with Crippen molar-refractivity contribution >= 4 is 27.7 Å². The maximum absolute atomic E-state index is 13.9. The quantitative estimate of drug-likeness (QED) is 0.502. The summed E-state index contributed by atoms with van der Waals surface area (Å²) in [5.41, 5.74) is -1.84. The lowest BCUT2D eigenvalue weighted by Crippen LogP contribution is -2.64. The maximum Gasteiger partial charge on any atom is 0.338 e. The van der Waals surface area contributed by atoms with Gasteiger partial charge in [0, 0.05) is 11.5 Å². The molecule has 32 heavy (non-hydrogen) atoms. The Morgan fingerprint density at radius 2 is 1.78 bits per heavy atom. The number of ether oxygens (including phenoxy) is 2. The predicted octanol–water partition coefficient (Wildman–Crippen LogP) is 2.52. The van der Waals surface area contributed by atoms with Crippen molar-refractivity contribution in [2.24, 2.45) is 11.8 Å². The summed E-state index contributed by atoms with van der Waals surface area (Å²) in [6, 6.07) is 12.4. The van der Waals surface area contributed by atoms with Crippen LogP contribution in [0.4, 0.5) is 0 Å². The number of amides is 1. The van der Waals surface area contributed by atoms with Gasteiger partial charge < -0.3 is 9.47 Å². The van der Waals surface area contributed by atoms with Gasteiger partial charge in [0.25, 0.3) is 10.0 Å². The number of ketones is 1. The van der Waals surface area contributed by atoms with E-state index in [0.29, 0.717) is 10.1 Å². The van der Waals surface area contributed by atoms with Crippen molar-refractivity contribution < 1.29 is 32.3 Å². The molecule has 2 aliphatic heterocycles. The van der Waals surface area contributed by atoms with Crippen LogP contribution in [-0.2, 0) is 29.9 Å². The number of hydrogen-bond acceptors (Lipinski definition) is 7. The van der Waals surface area contributed by atoms with Crippen LogP contribution in [0.25, 0.3) is 0 Å². The number of Topliss-reactive ketones (excluding diaryl/α,β-unsaturated/α-hetero) is 1. The molecule has 0 spiro atoms. The smallest absolute Gasteiger partial charge is 0.338 e. The van der Waals surface area contributed by atoms with E-state index in [1.54, 1.807) is 44.2 Å². The van der Waals surface area contributed by atoms with Gasteiger partial charge in [-0.15, -0.1) is 0 Å². The third-order valence-corrected chi connectivity index (χ3v) is 7.99. The summed E-state index contributed by atoms with van der Waals surface area (Å²) >= 11 is 0. The molecule has 1 fully saturated rings. The van der Waals surface area contributed by atoms with Crippen LogP contribution in [0.5, 0.6) is 5.75 Å². The number of carbonyl (C=O) groups excluding carboxylic acids is 3. The van der Waals surface area contributed by atoms with Gasteiger partial charge in [0.15, 0.2) is 11.3 Å². The van der Waals surface area contributed by atoms with Gasteiger partial charge in [-0.3, -0.25) is 9.59 Å². The lowest BCUT2D eigenvalue weighted by Gasteiger charge is -2.45. The van der Waals surface area contributed by atoms with Crippen LogP contribution >= 0.6 is 0 Å². The first-order chi connectivity index (χ1) is 15.2. The standard InChI is InChI=1S/C23H23NO7S/c1-4-31-22(27)23-16-10-6-8-12-19(16)32(28,29)24(23)21(26)14(2)13-17(23)20(25)15-9-5-7-11-18(15)30-3/h5-12,14,17H,4,13H2,1-3H3/t14-,17-,23-/m1/s1. The van der Waals surface area contributed by atoms with Gasteiger partial charge in [-0.1, -0.05) is 37.3 Å². The Morgan fingerprint density at radius 1 is 1.12 bits per heavy atom. The topological polar surface area (TPSA) is 107 Å². The molecule has 1 amide bonds. The molecule has 0 unspecified atom stereocenters. The second-order valence-electron chi connectivity index (χ2n) is 7.84. The van der Waals surface area contributed by atoms with E-state index in [1.165, 1.54) is 25.3 Å². The Kier molecular flexibility index (Phi) is 5.32. The number of sulfonamides is 1. The molecule has 0 bridgehead atoms. The lowest BCUT2D eigenvalue weighted by atomic mass is 9.67. The number of methoxy groups -OCH3 is 1. The first-order valence-corrected chi connectivity index (χ1v) is 11.7. The molecule has 0 aliphatic carbocycles. The molecule has 1 saturated heterocycles. The summed E-state index contributed by atoms with van der Waals surface area (Å²) in [5.74, 6) is -3.87. The number of rotatable bonds is 5.